The first-order valence-corrected chi connectivity index (χ1v) is 3.91. The second kappa shape index (κ2) is 3.32. The smallest absolute Gasteiger partial charge is 0.0599 e. The Morgan fingerprint density at radius 2 is 2.20 bits per heavy atom. The van der Waals surface area contributed by atoms with Gasteiger partial charge in [-0.1, -0.05) is 13.8 Å². The summed E-state index contributed by atoms with van der Waals surface area (Å²) in [4.78, 5) is 0. The SMILES string of the molecule is CC(C)C1CNCNC1N. The number of nitrogens with one attached hydrogen (secondary N) is 2. The molecule has 3 nitrogen and oxygen atoms in total. The molecule has 0 spiro atoms. The summed E-state index contributed by atoms with van der Waals surface area (Å²) in [5, 5.41) is 6.44. The van der Waals surface area contributed by atoms with Crippen molar-refractivity contribution in [2.24, 2.45) is 17.6 Å². The fraction of sp³-hybridized carbons (Fsp3) is 1.00. The van der Waals surface area contributed by atoms with Crippen molar-refractivity contribution in [2.75, 3.05) is 13.2 Å². The van der Waals surface area contributed by atoms with Crippen molar-refractivity contribution in [3.8, 4) is 0 Å². The average molecular weight is 143 g/mol. The lowest BCUT2D eigenvalue weighted by Gasteiger charge is -2.33. The van der Waals surface area contributed by atoms with Crippen molar-refractivity contribution in [3.05, 3.63) is 0 Å². The van der Waals surface area contributed by atoms with Gasteiger partial charge in [-0.15, -0.1) is 0 Å². The minimum atomic E-state index is 0.182. The van der Waals surface area contributed by atoms with E-state index in [4.69, 9.17) is 5.73 Å². The van der Waals surface area contributed by atoms with E-state index in [-0.39, 0.29) is 6.17 Å². The molecule has 1 rings (SSSR count). The Morgan fingerprint density at radius 3 is 2.60 bits per heavy atom. The van der Waals surface area contributed by atoms with Crippen LogP contribution < -0.4 is 16.4 Å². The maximum Gasteiger partial charge on any atom is 0.0599 e. The van der Waals surface area contributed by atoms with Crippen molar-refractivity contribution >= 4 is 0 Å². The lowest BCUT2D eigenvalue weighted by molar-refractivity contribution is 0.225. The van der Waals surface area contributed by atoms with Gasteiger partial charge in [0.05, 0.1) is 6.17 Å². The summed E-state index contributed by atoms with van der Waals surface area (Å²) in [6.07, 6.45) is 0.182. The van der Waals surface area contributed by atoms with E-state index in [0.29, 0.717) is 11.8 Å². The highest BCUT2D eigenvalue weighted by Gasteiger charge is 2.23. The molecule has 0 amide bonds. The van der Waals surface area contributed by atoms with E-state index in [1.807, 2.05) is 0 Å². The van der Waals surface area contributed by atoms with E-state index in [1.54, 1.807) is 0 Å². The van der Waals surface area contributed by atoms with Crippen LogP contribution in [0, 0.1) is 11.8 Å². The van der Waals surface area contributed by atoms with Gasteiger partial charge in [-0.3, -0.25) is 5.32 Å². The quantitative estimate of drug-likeness (QED) is 0.472. The Kier molecular flexibility index (Phi) is 2.65. The van der Waals surface area contributed by atoms with Gasteiger partial charge in [-0.2, -0.15) is 0 Å². The Hall–Kier alpha value is -0.120. The molecule has 0 radical (unpaired) electrons. The summed E-state index contributed by atoms with van der Waals surface area (Å²) < 4.78 is 0. The number of hydrogen-bond donors (Lipinski definition) is 3. The van der Waals surface area contributed by atoms with Crippen LogP contribution in [0.5, 0.6) is 0 Å². The van der Waals surface area contributed by atoms with E-state index in [9.17, 15) is 0 Å². The normalized spacial score (nSPS) is 34.8. The molecule has 0 aliphatic carbocycles. The molecule has 1 fully saturated rings. The fourth-order valence-corrected chi connectivity index (χ4v) is 1.36. The first-order valence-electron chi connectivity index (χ1n) is 3.91. The minimum Gasteiger partial charge on any atom is -0.316 e. The van der Waals surface area contributed by atoms with Crippen LogP contribution in [-0.4, -0.2) is 19.4 Å². The molecule has 0 aromatic heterocycles. The standard InChI is InChI=1S/C7H17N3/c1-5(2)6-3-9-4-10-7(6)8/h5-7,9-10H,3-4,8H2,1-2H3. The van der Waals surface area contributed by atoms with E-state index in [0.717, 1.165) is 13.2 Å². The van der Waals surface area contributed by atoms with Crippen molar-refractivity contribution in [1.29, 1.82) is 0 Å². The second-order valence-electron chi connectivity index (χ2n) is 3.27. The summed E-state index contributed by atoms with van der Waals surface area (Å²) >= 11 is 0. The van der Waals surface area contributed by atoms with E-state index < -0.39 is 0 Å². The van der Waals surface area contributed by atoms with Crippen LogP contribution in [0.3, 0.4) is 0 Å². The van der Waals surface area contributed by atoms with E-state index in [1.165, 1.54) is 0 Å². The largest absolute Gasteiger partial charge is 0.316 e. The van der Waals surface area contributed by atoms with Gasteiger partial charge in [0.1, 0.15) is 0 Å². The van der Waals surface area contributed by atoms with Gasteiger partial charge in [-0.25, -0.2) is 0 Å². The molecule has 1 aliphatic rings. The van der Waals surface area contributed by atoms with E-state index in [2.05, 4.69) is 24.5 Å². The molecule has 0 aromatic carbocycles. The molecule has 1 saturated heterocycles. The second-order valence-corrected chi connectivity index (χ2v) is 3.27. The van der Waals surface area contributed by atoms with E-state index >= 15 is 0 Å². The van der Waals surface area contributed by atoms with Crippen molar-refractivity contribution in [1.82, 2.24) is 10.6 Å². The Bertz CT molecular complexity index is 103. The van der Waals surface area contributed by atoms with Gasteiger partial charge < -0.3 is 11.1 Å². The maximum atomic E-state index is 5.83. The lowest BCUT2D eigenvalue weighted by atomic mass is 9.92. The monoisotopic (exact) mass is 143 g/mol. The highest BCUT2D eigenvalue weighted by molar-refractivity contribution is 4.79. The van der Waals surface area contributed by atoms with Crippen molar-refractivity contribution < 1.29 is 0 Å². The molecular formula is C7H17N3. The Balaban J connectivity index is 2.40. The van der Waals surface area contributed by atoms with Crippen LogP contribution in [0.1, 0.15) is 13.8 Å². The number of nitrogens with two attached hydrogens (primary N) is 1. The van der Waals surface area contributed by atoms with Gasteiger partial charge in [0.2, 0.25) is 0 Å². The molecule has 2 atom stereocenters. The highest BCUT2D eigenvalue weighted by Crippen LogP contribution is 2.12. The van der Waals surface area contributed by atoms with Crippen LogP contribution >= 0.6 is 0 Å². The molecule has 1 aliphatic heterocycles. The predicted octanol–water partition coefficient (Wildman–Crippen LogP) is -0.306. The molecule has 0 saturated carbocycles. The summed E-state index contributed by atoms with van der Waals surface area (Å²) in [5.74, 6) is 1.24. The molecule has 2 unspecified atom stereocenters. The van der Waals surface area contributed by atoms with Gasteiger partial charge in [0.15, 0.2) is 0 Å². The number of rotatable bonds is 1. The molecule has 1 heterocycles. The molecule has 0 aromatic rings. The van der Waals surface area contributed by atoms with Crippen LogP contribution in [0.4, 0.5) is 0 Å². The fourth-order valence-electron chi connectivity index (χ4n) is 1.36. The van der Waals surface area contributed by atoms with Gasteiger partial charge in [0, 0.05) is 19.1 Å². The average Bonchev–Trinajstić information content (AvgIpc) is 1.88. The van der Waals surface area contributed by atoms with Gasteiger partial charge >= 0.3 is 0 Å². The Labute approximate surface area is 62.4 Å². The summed E-state index contributed by atoms with van der Waals surface area (Å²) in [6, 6.07) is 0. The van der Waals surface area contributed by atoms with Crippen LogP contribution in [0.15, 0.2) is 0 Å². The highest BCUT2D eigenvalue weighted by atomic mass is 15.2. The third-order valence-electron chi connectivity index (χ3n) is 2.16. The summed E-state index contributed by atoms with van der Waals surface area (Å²) in [7, 11) is 0. The maximum absolute atomic E-state index is 5.83. The van der Waals surface area contributed by atoms with Gasteiger partial charge in [-0.05, 0) is 5.92 Å². The van der Waals surface area contributed by atoms with Gasteiger partial charge in [0.25, 0.3) is 0 Å². The van der Waals surface area contributed by atoms with Crippen LogP contribution in [0.25, 0.3) is 0 Å². The zero-order chi connectivity index (χ0) is 7.56. The van der Waals surface area contributed by atoms with Crippen molar-refractivity contribution in [2.45, 2.75) is 20.0 Å². The summed E-state index contributed by atoms with van der Waals surface area (Å²) in [6.45, 7) is 6.31. The third-order valence-corrected chi connectivity index (χ3v) is 2.16. The zero-order valence-corrected chi connectivity index (χ0v) is 6.72. The first kappa shape index (κ1) is 7.98. The lowest BCUT2D eigenvalue weighted by Crippen LogP contribution is -2.57. The molecule has 4 N–H and O–H groups in total. The van der Waals surface area contributed by atoms with Crippen molar-refractivity contribution in [3.63, 3.8) is 0 Å². The molecule has 0 bridgehead atoms. The third kappa shape index (κ3) is 1.68. The first-order chi connectivity index (χ1) is 4.72. The molecule has 10 heavy (non-hydrogen) atoms. The minimum absolute atomic E-state index is 0.182. The zero-order valence-electron chi connectivity index (χ0n) is 6.72. The topological polar surface area (TPSA) is 50.1 Å². The van der Waals surface area contributed by atoms with Crippen LogP contribution in [-0.2, 0) is 0 Å². The molecular weight excluding hydrogens is 126 g/mol. The van der Waals surface area contributed by atoms with Crippen LogP contribution in [0.2, 0.25) is 0 Å². The predicted molar refractivity (Wildman–Crippen MR) is 42.3 cm³/mol. The number of hydrogen-bond acceptors (Lipinski definition) is 3. The summed E-state index contributed by atoms with van der Waals surface area (Å²) in [5.41, 5.74) is 5.83. The molecule has 60 valence electrons. The molecule has 3 heteroatoms. The Morgan fingerprint density at radius 1 is 1.50 bits per heavy atom.